The van der Waals surface area contributed by atoms with E-state index in [1.54, 1.807) is 0 Å². The van der Waals surface area contributed by atoms with E-state index in [-0.39, 0.29) is 24.1 Å². The summed E-state index contributed by atoms with van der Waals surface area (Å²) in [6.07, 6.45) is 2.08. The Morgan fingerprint density at radius 3 is 1.69 bits per heavy atom. The Balaban J connectivity index is 2.27. The van der Waals surface area contributed by atoms with Gasteiger partial charge in [-0.15, -0.1) is 0 Å². The van der Waals surface area contributed by atoms with Crippen molar-refractivity contribution in [2.45, 2.75) is 45.3 Å². The molecule has 1 aliphatic carbocycles. The first-order chi connectivity index (χ1) is 6.08. The predicted octanol–water partition coefficient (Wildman–Crippen LogP) is 1.03. The van der Waals surface area contributed by atoms with Gasteiger partial charge in [0, 0.05) is 20.3 Å². The fraction of sp³-hybridized carbons (Fsp3) is 0.778. The van der Waals surface area contributed by atoms with E-state index in [1.165, 1.54) is 13.8 Å². The van der Waals surface area contributed by atoms with Crippen LogP contribution in [0.4, 0.5) is 0 Å². The number of carbonyl (C=O) groups excluding carboxylic acids is 2. The van der Waals surface area contributed by atoms with Crippen molar-refractivity contribution in [3.8, 4) is 0 Å². The van der Waals surface area contributed by atoms with Gasteiger partial charge in [0.2, 0.25) is 0 Å². The van der Waals surface area contributed by atoms with Crippen molar-refractivity contribution in [1.29, 1.82) is 0 Å². The number of hydrogen-bond donors (Lipinski definition) is 0. The molecule has 0 unspecified atom stereocenters. The third-order valence-electron chi connectivity index (χ3n) is 2.00. The third kappa shape index (κ3) is 3.44. The highest BCUT2D eigenvalue weighted by molar-refractivity contribution is 5.66. The molecular weight excluding hydrogens is 172 g/mol. The molecule has 1 fully saturated rings. The molecule has 0 aliphatic heterocycles. The molecular formula is C9H14O4. The number of esters is 2. The fourth-order valence-corrected chi connectivity index (χ4v) is 1.58. The van der Waals surface area contributed by atoms with Crippen LogP contribution in [-0.2, 0) is 19.1 Å². The maximum Gasteiger partial charge on any atom is 0.302 e. The molecule has 0 saturated heterocycles. The van der Waals surface area contributed by atoms with E-state index in [9.17, 15) is 9.59 Å². The molecule has 0 bridgehead atoms. The van der Waals surface area contributed by atoms with E-state index < -0.39 is 0 Å². The van der Waals surface area contributed by atoms with Crippen molar-refractivity contribution in [3.05, 3.63) is 0 Å². The van der Waals surface area contributed by atoms with E-state index >= 15 is 0 Å². The number of hydrogen-bond acceptors (Lipinski definition) is 4. The minimum absolute atomic E-state index is 0.0677. The lowest BCUT2D eigenvalue weighted by atomic mass is 10.3. The predicted molar refractivity (Wildman–Crippen MR) is 45.0 cm³/mol. The second kappa shape index (κ2) is 4.25. The topological polar surface area (TPSA) is 52.6 Å². The molecule has 0 aromatic carbocycles. The number of rotatable bonds is 2. The summed E-state index contributed by atoms with van der Waals surface area (Å²) < 4.78 is 9.99. The van der Waals surface area contributed by atoms with Crippen LogP contribution in [0.3, 0.4) is 0 Å². The van der Waals surface area contributed by atoms with Crippen LogP contribution in [0.25, 0.3) is 0 Å². The van der Waals surface area contributed by atoms with Crippen LogP contribution in [-0.4, -0.2) is 24.1 Å². The number of ether oxygens (including phenoxy) is 2. The molecule has 0 aromatic rings. The van der Waals surface area contributed by atoms with Gasteiger partial charge < -0.3 is 9.47 Å². The van der Waals surface area contributed by atoms with E-state index in [2.05, 4.69) is 0 Å². The van der Waals surface area contributed by atoms with E-state index in [4.69, 9.17) is 9.47 Å². The molecule has 13 heavy (non-hydrogen) atoms. The lowest BCUT2D eigenvalue weighted by molar-refractivity contribution is -0.148. The van der Waals surface area contributed by atoms with Crippen LogP contribution in [0.5, 0.6) is 0 Å². The maximum atomic E-state index is 10.6. The Bertz CT molecular complexity index is 190. The summed E-state index contributed by atoms with van der Waals surface area (Å²) in [6.45, 7) is 2.78. The minimum Gasteiger partial charge on any atom is -0.462 e. The van der Waals surface area contributed by atoms with Gasteiger partial charge in [0.1, 0.15) is 12.2 Å². The molecule has 0 radical (unpaired) electrons. The normalized spacial score (nSPS) is 26.9. The highest BCUT2D eigenvalue weighted by Crippen LogP contribution is 2.24. The highest BCUT2D eigenvalue weighted by atomic mass is 16.6. The lowest BCUT2D eigenvalue weighted by Crippen LogP contribution is -2.16. The number of carbonyl (C=O) groups is 2. The molecule has 0 aromatic heterocycles. The SMILES string of the molecule is CC(=O)O[C@@H]1CC[C@H](OC(C)=O)C1. The molecule has 1 saturated carbocycles. The second-order valence-corrected chi connectivity index (χ2v) is 3.28. The average Bonchev–Trinajstić information content (AvgIpc) is 2.33. The Hall–Kier alpha value is -1.06. The maximum absolute atomic E-state index is 10.6. The van der Waals surface area contributed by atoms with Crippen LogP contribution in [0.1, 0.15) is 33.1 Å². The van der Waals surface area contributed by atoms with Gasteiger partial charge in [-0.05, 0) is 12.8 Å². The van der Waals surface area contributed by atoms with Gasteiger partial charge in [0.25, 0.3) is 0 Å². The van der Waals surface area contributed by atoms with Crippen molar-refractivity contribution >= 4 is 11.9 Å². The largest absolute Gasteiger partial charge is 0.462 e. The van der Waals surface area contributed by atoms with E-state index in [0.29, 0.717) is 6.42 Å². The first-order valence-corrected chi connectivity index (χ1v) is 4.42. The summed E-state index contributed by atoms with van der Waals surface area (Å²) >= 11 is 0. The molecule has 1 rings (SSSR count). The van der Waals surface area contributed by atoms with Crippen molar-refractivity contribution in [3.63, 3.8) is 0 Å². The smallest absolute Gasteiger partial charge is 0.302 e. The molecule has 2 atom stereocenters. The van der Waals surface area contributed by atoms with Crippen LogP contribution in [0.2, 0.25) is 0 Å². The zero-order valence-corrected chi connectivity index (χ0v) is 7.91. The zero-order chi connectivity index (χ0) is 9.84. The third-order valence-corrected chi connectivity index (χ3v) is 2.00. The Morgan fingerprint density at radius 1 is 1.00 bits per heavy atom. The zero-order valence-electron chi connectivity index (χ0n) is 7.91. The summed E-state index contributed by atoms with van der Waals surface area (Å²) in [7, 11) is 0. The van der Waals surface area contributed by atoms with Gasteiger partial charge >= 0.3 is 11.9 Å². The standard InChI is InChI=1S/C9H14O4/c1-6(10)12-8-3-4-9(5-8)13-7(2)11/h8-9H,3-5H2,1-2H3/t8-,9+. The Morgan fingerprint density at radius 2 is 1.38 bits per heavy atom. The monoisotopic (exact) mass is 186 g/mol. The minimum atomic E-state index is -0.270. The Kier molecular flexibility index (Phi) is 3.28. The van der Waals surface area contributed by atoms with Crippen LogP contribution < -0.4 is 0 Å². The summed E-state index contributed by atoms with van der Waals surface area (Å²) in [5, 5.41) is 0. The first-order valence-electron chi connectivity index (χ1n) is 4.42. The molecule has 0 N–H and O–H groups in total. The van der Waals surface area contributed by atoms with Crippen molar-refractivity contribution in [2.24, 2.45) is 0 Å². The lowest BCUT2D eigenvalue weighted by Gasteiger charge is -2.11. The van der Waals surface area contributed by atoms with Gasteiger partial charge in [0.05, 0.1) is 0 Å². The molecule has 1 aliphatic rings. The van der Waals surface area contributed by atoms with Gasteiger partial charge in [0.15, 0.2) is 0 Å². The van der Waals surface area contributed by atoms with Gasteiger partial charge in [-0.25, -0.2) is 0 Å². The van der Waals surface area contributed by atoms with Crippen molar-refractivity contribution in [1.82, 2.24) is 0 Å². The van der Waals surface area contributed by atoms with Gasteiger partial charge in [-0.2, -0.15) is 0 Å². The second-order valence-electron chi connectivity index (χ2n) is 3.28. The summed E-state index contributed by atoms with van der Waals surface area (Å²) in [5.74, 6) is -0.540. The average molecular weight is 186 g/mol. The highest BCUT2D eigenvalue weighted by Gasteiger charge is 2.28. The Labute approximate surface area is 77.2 Å². The molecule has 0 spiro atoms. The van der Waals surface area contributed by atoms with E-state index in [1.807, 2.05) is 0 Å². The van der Waals surface area contributed by atoms with Crippen LogP contribution in [0.15, 0.2) is 0 Å². The molecule has 74 valence electrons. The van der Waals surface area contributed by atoms with Gasteiger partial charge in [-0.1, -0.05) is 0 Å². The first kappa shape index (κ1) is 10.0. The van der Waals surface area contributed by atoms with E-state index in [0.717, 1.165) is 12.8 Å². The molecule has 0 heterocycles. The summed E-state index contributed by atoms with van der Waals surface area (Å²) in [6, 6.07) is 0. The van der Waals surface area contributed by atoms with Gasteiger partial charge in [-0.3, -0.25) is 9.59 Å². The van der Waals surface area contributed by atoms with Crippen LogP contribution >= 0.6 is 0 Å². The van der Waals surface area contributed by atoms with Crippen molar-refractivity contribution in [2.75, 3.05) is 0 Å². The van der Waals surface area contributed by atoms with Crippen molar-refractivity contribution < 1.29 is 19.1 Å². The summed E-state index contributed by atoms with van der Waals surface area (Å²) in [5.41, 5.74) is 0. The molecule has 0 amide bonds. The summed E-state index contributed by atoms with van der Waals surface area (Å²) in [4.78, 5) is 21.2. The van der Waals surface area contributed by atoms with Crippen LogP contribution in [0, 0.1) is 0 Å². The fourth-order valence-electron chi connectivity index (χ4n) is 1.58. The molecule has 4 nitrogen and oxygen atoms in total. The quantitative estimate of drug-likeness (QED) is 0.604. The molecule has 4 heteroatoms.